The summed E-state index contributed by atoms with van der Waals surface area (Å²) in [6.07, 6.45) is 9.80. The maximum atomic E-state index is 14.1. The Kier molecular flexibility index (Phi) is 21.0. The Morgan fingerprint density at radius 2 is 1.06 bits per heavy atom. The van der Waals surface area contributed by atoms with Crippen molar-refractivity contribution in [2.75, 3.05) is 52.9 Å². The van der Waals surface area contributed by atoms with Crippen LogP contribution in [-0.4, -0.2) is 126 Å². The van der Waals surface area contributed by atoms with Crippen LogP contribution in [0.5, 0.6) is 0 Å². The van der Waals surface area contributed by atoms with E-state index in [9.17, 15) is 24.0 Å². The van der Waals surface area contributed by atoms with Crippen LogP contribution in [0.25, 0.3) is 0 Å². The molecular formula is C53H85N7O5. The Bertz CT molecular complexity index is 1790. The molecule has 2 heterocycles. The van der Waals surface area contributed by atoms with E-state index in [4.69, 9.17) is 5.73 Å². The highest BCUT2D eigenvalue weighted by atomic mass is 16.2. The number of benzene rings is 2. The topological polar surface area (TPSA) is 148 Å². The minimum atomic E-state index is -0.671. The van der Waals surface area contributed by atoms with Crippen molar-refractivity contribution >= 4 is 29.5 Å². The Morgan fingerprint density at radius 3 is 1.46 bits per heavy atom. The van der Waals surface area contributed by atoms with Crippen molar-refractivity contribution in [3.05, 3.63) is 71.8 Å². The van der Waals surface area contributed by atoms with E-state index in [-0.39, 0.29) is 65.4 Å². The number of hydrogen-bond acceptors (Lipinski definition) is 7. The molecule has 0 spiro atoms. The fourth-order valence-corrected chi connectivity index (χ4v) is 9.44. The summed E-state index contributed by atoms with van der Waals surface area (Å²) in [7, 11) is 1.71. The number of nitrogens with zero attached hydrogens (tertiary/aromatic N) is 4. The number of likely N-dealkylation sites (tertiary alicyclic amines) is 2. The van der Waals surface area contributed by atoms with Crippen molar-refractivity contribution in [1.29, 1.82) is 0 Å². The molecule has 0 saturated carbocycles. The number of carbonyl (C=O) groups is 5. The summed E-state index contributed by atoms with van der Waals surface area (Å²) in [5, 5.41) is 5.85. The highest BCUT2D eigenvalue weighted by Crippen LogP contribution is 2.29. The molecule has 0 radical (unpaired) electrons. The predicted octanol–water partition coefficient (Wildman–Crippen LogP) is 7.48. The smallest absolute Gasteiger partial charge is 0.246 e. The standard InChI is InChI=1S/C53H85N7O5/c1-39(41-24-16-14-17-25-41)35-57(37-43-28-22-32-59(43)50(64)48(54)52(3,4)5)46(62)30-20-12-10-11-13-21-31-47(63)58(36-40(2)42-26-18-15-19-27-42)38-44-29-23-33-60(44)51(65)49(53(6,7)8)56-45(61)34-55-9/h14-19,24-27,39-40,43-44,48-49,55H,10-13,20-23,28-38,54H2,1-9H3,(H,56,61)/t39-,40-,43+,44+,48-,49-/m1/s1. The molecule has 0 aromatic heterocycles. The lowest BCUT2D eigenvalue weighted by atomic mass is 9.85. The average Bonchev–Trinajstić information content (AvgIpc) is 3.94. The van der Waals surface area contributed by atoms with Crippen molar-refractivity contribution in [2.24, 2.45) is 16.6 Å². The molecule has 0 bridgehead atoms. The lowest BCUT2D eigenvalue weighted by molar-refractivity contribution is -0.141. The minimum Gasteiger partial charge on any atom is -0.343 e. The van der Waals surface area contributed by atoms with Gasteiger partial charge in [-0.3, -0.25) is 24.0 Å². The lowest BCUT2D eigenvalue weighted by Crippen LogP contribution is -2.58. The van der Waals surface area contributed by atoms with E-state index in [1.165, 1.54) is 11.1 Å². The first-order chi connectivity index (χ1) is 30.8. The van der Waals surface area contributed by atoms with E-state index >= 15 is 0 Å². The zero-order chi connectivity index (χ0) is 47.7. The van der Waals surface area contributed by atoms with Crippen LogP contribution in [0.1, 0.15) is 155 Å². The quantitative estimate of drug-likeness (QED) is 0.0927. The van der Waals surface area contributed by atoms with Gasteiger partial charge in [0, 0.05) is 64.2 Å². The van der Waals surface area contributed by atoms with Crippen molar-refractivity contribution in [3.63, 3.8) is 0 Å². The molecule has 6 atom stereocenters. The van der Waals surface area contributed by atoms with Gasteiger partial charge in [0.2, 0.25) is 29.5 Å². The van der Waals surface area contributed by atoms with E-state index < -0.39 is 17.5 Å². The normalized spacial score (nSPS) is 18.5. The SMILES string of the molecule is CNCC(=O)N[C@H](C(=O)N1CCC[C@H]1CN(C[C@@H](C)c1ccccc1)C(=O)CCCCCCCCC(=O)N(C[C@@H]1CCCN1C(=O)[C@@H](N)C(C)(C)C)C[C@@H](C)c1ccccc1)C(C)(C)C. The van der Waals surface area contributed by atoms with Gasteiger partial charge in [0.15, 0.2) is 0 Å². The highest BCUT2D eigenvalue weighted by molar-refractivity contribution is 5.89. The highest BCUT2D eigenvalue weighted by Gasteiger charge is 2.41. The van der Waals surface area contributed by atoms with E-state index in [1.807, 2.05) is 97.5 Å². The summed E-state index contributed by atoms with van der Waals surface area (Å²) in [5.74, 6) is 0.209. The number of unbranched alkanes of at least 4 members (excludes halogenated alkanes) is 5. The van der Waals surface area contributed by atoms with Crippen LogP contribution >= 0.6 is 0 Å². The van der Waals surface area contributed by atoms with Crippen LogP contribution in [0.2, 0.25) is 0 Å². The first-order valence-corrected chi connectivity index (χ1v) is 24.8. The van der Waals surface area contributed by atoms with Crippen molar-refractivity contribution in [1.82, 2.24) is 30.2 Å². The van der Waals surface area contributed by atoms with Crippen LogP contribution < -0.4 is 16.4 Å². The molecule has 12 nitrogen and oxygen atoms in total. The molecule has 2 aromatic carbocycles. The van der Waals surface area contributed by atoms with Gasteiger partial charge >= 0.3 is 0 Å². The van der Waals surface area contributed by atoms with Gasteiger partial charge < -0.3 is 36.0 Å². The fourth-order valence-electron chi connectivity index (χ4n) is 9.44. The van der Waals surface area contributed by atoms with Crippen molar-refractivity contribution in [2.45, 2.75) is 168 Å². The van der Waals surface area contributed by atoms with Gasteiger partial charge in [-0.1, -0.05) is 142 Å². The Hall–Kier alpha value is -4.29. The third kappa shape index (κ3) is 16.5. The molecule has 2 aliphatic heterocycles. The zero-order valence-corrected chi connectivity index (χ0v) is 41.6. The maximum Gasteiger partial charge on any atom is 0.246 e. The average molecular weight is 900 g/mol. The molecule has 2 aromatic rings. The number of hydrogen-bond donors (Lipinski definition) is 3. The summed E-state index contributed by atoms with van der Waals surface area (Å²) in [6, 6.07) is 19.2. The summed E-state index contributed by atoms with van der Waals surface area (Å²) in [6.45, 7) is 19.8. The lowest BCUT2D eigenvalue weighted by Gasteiger charge is -2.37. The van der Waals surface area contributed by atoms with E-state index in [1.54, 1.807) is 7.05 Å². The number of nitrogens with one attached hydrogen (secondary N) is 2. The van der Waals surface area contributed by atoms with Gasteiger partial charge in [-0.2, -0.15) is 0 Å². The second-order valence-corrected chi connectivity index (χ2v) is 21.2. The zero-order valence-electron chi connectivity index (χ0n) is 41.6. The van der Waals surface area contributed by atoms with Gasteiger partial charge in [0.05, 0.1) is 12.6 Å². The number of likely N-dealkylation sites (N-methyl/N-ethyl adjacent to an activating group) is 1. The molecule has 2 saturated heterocycles. The first-order valence-electron chi connectivity index (χ1n) is 24.8. The first kappa shape index (κ1) is 53.3. The van der Waals surface area contributed by atoms with E-state index in [0.717, 1.165) is 64.2 Å². The van der Waals surface area contributed by atoms with Gasteiger partial charge in [0.25, 0.3) is 0 Å². The largest absolute Gasteiger partial charge is 0.343 e. The monoisotopic (exact) mass is 900 g/mol. The number of rotatable bonds is 24. The molecule has 0 unspecified atom stereocenters. The summed E-state index contributed by atoms with van der Waals surface area (Å²) in [5.41, 5.74) is 7.98. The number of carbonyl (C=O) groups excluding carboxylic acids is 5. The Balaban J connectivity index is 1.31. The molecule has 65 heavy (non-hydrogen) atoms. The molecule has 4 rings (SSSR count). The molecule has 2 aliphatic rings. The van der Waals surface area contributed by atoms with Crippen LogP contribution in [0.4, 0.5) is 0 Å². The Labute approximate surface area is 392 Å². The molecule has 2 fully saturated rings. The fraction of sp³-hybridized carbons (Fsp3) is 0.679. The summed E-state index contributed by atoms with van der Waals surface area (Å²) >= 11 is 0. The number of nitrogens with two attached hydrogens (primary N) is 1. The van der Waals surface area contributed by atoms with Crippen LogP contribution in [0.15, 0.2) is 60.7 Å². The van der Waals surface area contributed by atoms with Gasteiger partial charge in [-0.15, -0.1) is 0 Å². The number of amides is 5. The summed E-state index contributed by atoms with van der Waals surface area (Å²) in [4.78, 5) is 76.1. The summed E-state index contributed by atoms with van der Waals surface area (Å²) < 4.78 is 0. The third-order valence-electron chi connectivity index (χ3n) is 13.6. The third-order valence-corrected chi connectivity index (χ3v) is 13.6. The predicted molar refractivity (Wildman–Crippen MR) is 262 cm³/mol. The van der Waals surface area contributed by atoms with E-state index in [2.05, 4.69) is 48.7 Å². The second kappa shape index (κ2) is 25.6. The minimum absolute atomic E-state index is 0.0231. The van der Waals surface area contributed by atoms with Gasteiger partial charge in [0.1, 0.15) is 6.04 Å². The molecular weight excluding hydrogens is 815 g/mol. The molecule has 5 amide bonds. The molecule has 12 heteroatoms. The molecule has 4 N–H and O–H groups in total. The van der Waals surface area contributed by atoms with Crippen LogP contribution in [0.3, 0.4) is 0 Å². The van der Waals surface area contributed by atoms with Crippen LogP contribution in [0, 0.1) is 10.8 Å². The van der Waals surface area contributed by atoms with E-state index in [0.29, 0.717) is 52.1 Å². The van der Waals surface area contributed by atoms with Gasteiger partial charge in [-0.25, -0.2) is 0 Å². The second-order valence-electron chi connectivity index (χ2n) is 21.2. The molecule has 362 valence electrons. The van der Waals surface area contributed by atoms with Crippen LogP contribution in [-0.2, 0) is 24.0 Å². The van der Waals surface area contributed by atoms with Gasteiger partial charge in [-0.05, 0) is 79.4 Å². The maximum absolute atomic E-state index is 14.1. The molecule has 0 aliphatic carbocycles. The Morgan fingerprint density at radius 1 is 0.646 bits per heavy atom. The van der Waals surface area contributed by atoms with Crippen molar-refractivity contribution in [3.8, 4) is 0 Å². The van der Waals surface area contributed by atoms with Crippen molar-refractivity contribution < 1.29 is 24.0 Å².